The van der Waals surface area contributed by atoms with E-state index in [-0.39, 0.29) is 5.91 Å². The number of amidine groups is 1. The van der Waals surface area contributed by atoms with Gasteiger partial charge in [0, 0.05) is 0 Å². The molecule has 2 aliphatic rings. The molecule has 1 amide bonds. The summed E-state index contributed by atoms with van der Waals surface area (Å²) >= 11 is 0. The molecule has 1 atom stereocenters. The van der Waals surface area contributed by atoms with E-state index in [0.717, 1.165) is 0 Å². The van der Waals surface area contributed by atoms with Crippen molar-refractivity contribution < 1.29 is 4.79 Å². The first-order chi connectivity index (χ1) is 6.53. The Balaban J connectivity index is 2.45. The first-order valence-corrected chi connectivity index (χ1v) is 4.23. The van der Waals surface area contributed by atoms with Crippen LogP contribution < -0.4 is 5.32 Å². The number of aliphatic imine (C=N–C) groups is 3. The normalized spacial score (nSPS) is 29.9. The molecule has 0 bridgehead atoms. The molecule has 0 saturated heterocycles. The van der Waals surface area contributed by atoms with E-state index < -0.39 is 5.79 Å². The number of amides is 1. The summed E-state index contributed by atoms with van der Waals surface area (Å²) in [6.07, 6.45) is 1.34. The predicted octanol–water partition coefficient (Wildman–Crippen LogP) is -0.767. The fourth-order valence-corrected chi connectivity index (χ4v) is 1.22. The average molecular weight is 193 g/mol. The summed E-state index contributed by atoms with van der Waals surface area (Å²) in [5.74, 6) is -0.554. The van der Waals surface area contributed by atoms with Gasteiger partial charge in [0.1, 0.15) is 6.34 Å². The minimum absolute atomic E-state index is 0.233. The summed E-state index contributed by atoms with van der Waals surface area (Å²) in [7, 11) is 3.68. The summed E-state index contributed by atoms with van der Waals surface area (Å²) in [6, 6.07) is 0. The molecule has 2 aliphatic heterocycles. The Morgan fingerprint density at radius 1 is 1.50 bits per heavy atom. The van der Waals surface area contributed by atoms with Gasteiger partial charge in [0.25, 0.3) is 5.91 Å². The summed E-state index contributed by atoms with van der Waals surface area (Å²) in [5, 5.41) is 2.75. The molecule has 0 radical (unpaired) electrons. The van der Waals surface area contributed by atoms with Crippen molar-refractivity contribution in [3.8, 4) is 0 Å². The van der Waals surface area contributed by atoms with Crippen LogP contribution in [0.2, 0.25) is 0 Å². The smallest absolute Gasteiger partial charge is 0.276 e. The molecule has 0 aliphatic carbocycles. The van der Waals surface area contributed by atoms with Gasteiger partial charge in [-0.05, 0) is 21.0 Å². The lowest BCUT2D eigenvalue weighted by Crippen LogP contribution is -2.60. The fourth-order valence-electron chi connectivity index (χ4n) is 1.22. The highest BCUT2D eigenvalue weighted by Crippen LogP contribution is 2.16. The van der Waals surface area contributed by atoms with E-state index in [1.165, 1.54) is 6.34 Å². The quantitative estimate of drug-likeness (QED) is 0.594. The Morgan fingerprint density at radius 2 is 2.21 bits per heavy atom. The maximum absolute atomic E-state index is 11.6. The molecule has 6 heteroatoms. The van der Waals surface area contributed by atoms with E-state index in [4.69, 9.17) is 0 Å². The molecular formula is C8H11N5O. The van der Waals surface area contributed by atoms with Crippen molar-refractivity contribution in [1.82, 2.24) is 10.2 Å². The van der Waals surface area contributed by atoms with Crippen molar-refractivity contribution in [3.05, 3.63) is 0 Å². The number of nitrogens with zero attached hydrogens (tertiary/aromatic N) is 4. The van der Waals surface area contributed by atoms with Gasteiger partial charge in [0.2, 0.25) is 0 Å². The molecule has 1 N–H and O–H groups in total. The molecule has 0 aromatic heterocycles. The summed E-state index contributed by atoms with van der Waals surface area (Å²) in [5.41, 5.74) is 0.296. The Hall–Kier alpha value is -1.56. The number of hydrogen-bond donors (Lipinski definition) is 1. The van der Waals surface area contributed by atoms with Crippen LogP contribution in [-0.4, -0.2) is 48.6 Å². The van der Waals surface area contributed by atoms with Gasteiger partial charge in [-0.2, -0.15) is 0 Å². The molecule has 0 aromatic carbocycles. The van der Waals surface area contributed by atoms with Crippen LogP contribution >= 0.6 is 0 Å². The van der Waals surface area contributed by atoms with Crippen LogP contribution in [0.1, 0.15) is 6.92 Å². The number of carbonyl (C=O) groups excluding carboxylic acids is 1. The summed E-state index contributed by atoms with van der Waals surface area (Å²) in [4.78, 5) is 25.4. The van der Waals surface area contributed by atoms with Gasteiger partial charge in [-0.15, -0.1) is 0 Å². The molecule has 0 saturated carbocycles. The molecule has 0 aromatic rings. The highest BCUT2D eigenvalue weighted by Gasteiger charge is 2.38. The third kappa shape index (κ3) is 1.15. The molecule has 14 heavy (non-hydrogen) atoms. The van der Waals surface area contributed by atoms with E-state index in [9.17, 15) is 4.79 Å². The lowest BCUT2D eigenvalue weighted by Gasteiger charge is -2.35. The highest BCUT2D eigenvalue weighted by atomic mass is 16.2. The van der Waals surface area contributed by atoms with E-state index in [1.807, 2.05) is 25.9 Å². The maximum Gasteiger partial charge on any atom is 0.276 e. The lowest BCUT2D eigenvalue weighted by atomic mass is 10.2. The Bertz CT molecular complexity index is 381. The number of carbonyl (C=O) groups is 1. The van der Waals surface area contributed by atoms with Crippen LogP contribution in [0.25, 0.3) is 0 Å². The topological polar surface area (TPSA) is 69.4 Å². The second kappa shape index (κ2) is 2.71. The molecule has 1 unspecified atom stereocenters. The fraction of sp³-hybridized carbons (Fsp3) is 0.500. The van der Waals surface area contributed by atoms with Crippen LogP contribution in [0.15, 0.2) is 15.0 Å². The molecule has 74 valence electrons. The second-order valence-corrected chi connectivity index (χ2v) is 3.53. The highest BCUT2D eigenvalue weighted by molar-refractivity contribution is 6.69. The molecule has 6 nitrogen and oxygen atoms in total. The van der Waals surface area contributed by atoms with Gasteiger partial charge in [-0.3, -0.25) is 9.69 Å². The van der Waals surface area contributed by atoms with Crippen molar-refractivity contribution in [1.29, 1.82) is 0 Å². The summed E-state index contributed by atoms with van der Waals surface area (Å²) in [6.45, 7) is 1.81. The van der Waals surface area contributed by atoms with Crippen LogP contribution in [0, 0.1) is 0 Å². The van der Waals surface area contributed by atoms with Crippen LogP contribution in [-0.2, 0) is 4.79 Å². The van der Waals surface area contributed by atoms with Gasteiger partial charge in [0.15, 0.2) is 17.3 Å². The van der Waals surface area contributed by atoms with Gasteiger partial charge in [0.05, 0.1) is 0 Å². The van der Waals surface area contributed by atoms with Crippen LogP contribution in [0.5, 0.6) is 0 Å². The molecule has 0 spiro atoms. The number of fused-ring (bicyclic) bond motifs is 1. The molecule has 0 fully saturated rings. The molecule has 2 heterocycles. The van der Waals surface area contributed by atoms with Crippen LogP contribution in [0.4, 0.5) is 0 Å². The van der Waals surface area contributed by atoms with Gasteiger partial charge < -0.3 is 5.32 Å². The third-order valence-corrected chi connectivity index (χ3v) is 2.34. The first kappa shape index (κ1) is 9.01. The van der Waals surface area contributed by atoms with Crippen LogP contribution in [0.3, 0.4) is 0 Å². The Labute approximate surface area is 81.4 Å². The van der Waals surface area contributed by atoms with Crippen molar-refractivity contribution >= 4 is 23.8 Å². The maximum atomic E-state index is 11.6. The molecular weight excluding hydrogens is 182 g/mol. The lowest BCUT2D eigenvalue weighted by molar-refractivity contribution is -0.118. The van der Waals surface area contributed by atoms with Crippen molar-refractivity contribution in [3.63, 3.8) is 0 Å². The van der Waals surface area contributed by atoms with Gasteiger partial charge in [-0.25, -0.2) is 15.0 Å². The summed E-state index contributed by atoms with van der Waals surface area (Å²) < 4.78 is 0. The monoisotopic (exact) mass is 193 g/mol. The zero-order valence-corrected chi connectivity index (χ0v) is 8.27. The van der Waals surface area contributed by atoms with E-state index in [2.05, 4.69) is 20.3 Å². The number of rotatable bonds is 1. The average Bonchev–Trinajstić information content (AvgIpc) is 2.51. The second-order valence-electron chi connectivity index (χ2n) is 3.53. The SMILES string of the molecule is CN(C)C1(C)N=C2N=CN=C2C(=O)N1. The largest absolute Gasteiger partial charge is 0.314 e. The Kier molecular flexibility index (Phi) is 1.75. The Morgan fingerprint density at radius 3 is 2.86 bits per heavy atom. The minimum Gasteiger partial charge on any atom is -0.314 e. The molecule has 2 rings (SSSR count). The predicted molar refractivity (Wildman–Crippen MR) is 53.6 cm³/mol. The standard InChI is InChI=1S/C8H11N5O/c1-8(13(2)3)11-6-5(7(14)12-8)9-4-10-6/h4H,1-3H3,(H,12,14). The first-order valence-electron chi connectivity index (χ1n) is 4.23. The van der Waals surface area contributed by atoms with Gasteiger partial charge >= 0.3 is 0 Å². The van der Waals surface area contributed by atoms with Crippen molar-refractivity contribution in [2.24, 2.45) is 15.0 Å². The third-order valence-electron chi connectivity index (χ3n) is 2.34. The number of nitrogens with one attached hydrogen (secondary N) is 1. The van der Waals surface area contributed by atoms with Gasteiger partial charge in [-0.1, -0.05) is 0 Å². The van der Waals surface area contributed by atoms with Crippen molar-refractivity contribution in [2.75, 3.05) is 14.1 Å². The van der Waals surface area contributed by atoms with Crippen molar-refractivity contribution in [2.45, 2.75) is 12.7 Å². The zero-order chi connectivity index (χ0) is 10.3. The van der Waals surface area contributed by atoms with E-state index in [1.54, 1.807) is 0 Å². The van der Waals surface area contributed by atoms with E-state index in [0.29, 0.717) is 11.5 Å². The van der Waals surface area contributed by atoms with E-state index >= 15 is 0 Å². The number of hydrogen-bond acceptors (Lipinski definition) is 5. The zero-order valence-electron chi connectivity index (χ0n) is 8.27. The minimum atomic E-state index is -0.729.